The maximum atomic E-state index is 13.1. The van der Waals surface area contributed by atoms with Gasteiger partial charge in [0.1, 0.15) is 62.5 Å². The van der Waals surface area contributed by atoms with Crippen molar-refractivity contribution >= 4 is 171 Å². The molecule has 606 valence electrons. The Bertz CT molecular complexity index is 5680. The van der Waals surface area contributed by atoms with Gasteiger partial charge in [0.05, 0.1) is 110 Å². The van der Waals surface area contributed by atoms with Gasteiger partial charge in [0.15, 0.2) is 28.7 Å². The fourth-order valence-corrected chi connectivity index (χ4v) is 15.8. The zero-order valence-corrected chi connectivity index (χ0v) is 71.0. The lowest BCUT2D eigenvalue weighted by Gasteiger charge is -2.27. The van der Waals surface area contributed by atoms with E-state index in [-0.39, 0.29) is 167 Å². The molecule has 6 N–H and O–H groups in total. The van der Waals surface area contributed by atoms with E-state index in [0.717, 1.165) is 83.5 Å². The number of piperidine rings is 2. The number of fused-ring (bicyclic) bond motifs is 5. The van der Waals surface area contributed by atoms with Crippen molar-refractivity contribution < 1.29 is 29.9 Å². The number of hydrogen-bond donors (Lipinski definition) is 6. The van der Waals surface area contributed by atoms with Crippen LogP contribution in [0, 0.1) is 5.82 Å². The van der Waals surface area contributed by atoms with Gasteiger partial charge in [-0.05, 0) is 147 Å². The summed E-state index contributed by atoms with van der Waals surface area (Å²) in [6, 6.07) is 13.0. The summed E-state index contributed by atoms with van der Waals surface area (Å²) in [5, 5.41) is 56.0. The second-order valence-corrected chi connectivity index (χ2v) is 31.1. The van der Waals surface area contributed by atoms with E-state index < -0.39 is 0 Å². The standard InChI is InChI=1S/C19H18Cl2FN3O2.C16H19Cl2N3O2.C15H17Cl2N3O2.C14H17Cl2N3O2.C13H15Cl2N3O2/c1-3-25-15(10-24(2)9-11-4-6-12(22)7-5-11)23-17-16(19(25)27)13(20)8-14(21)18(17)26;1-2-21-12(9-20-6-4-3-5-7-20)19-14-13(16(21)23)10(17)8-11(18)15(14)22;1-19-11(8-20-5-3-2-4-6-20)18-13-12(15(19)22)9(16)7-10(17)14(13)21;1-4-19(5-2)7-10-17-12-11(14(21)18(10)3)8(15)6-9(16)13(12)20;1-3-4-16-6-9-17-11-10(13(20)18(9)2)7(14)5-8(15)12(11)19/h4-8,26H,3,9-10H2,1-2H3;8,22H,2-7,9H2,1H3;7,21H,2-6,8H2,1H3;6,20H,4-5,7H2,1-3H3;5,16,19H,3-4,6H2,1-2H3. The molecule has 0 aliphatic carbocycles. The van der Waals surface area contributed by atoms with Crippen LogP contribution in [0.25, 0.3) is 54.5 Å². The van der Waals surface area contributed by atoms with Crippen molar-refractivity contribution in [3.8, 4) is 28.7 Å². The minimum Gasteiger partial charge on any atom is -0.504 e. The number of hydrogen-bond acceptors (Lipinski definition) is 20. The van der Waals surface area contributed by atoms with Crippen LogP contribution in [0.2, 0.25) is 50.2 Å². The average Bonchev–Trinajstić information content (AvgIpc) is 0.779. The first-order chi connectivity index (χ1) is 53.7. The van der Waals surface area contributed by atoms with Crippen LogP contribution in [0.15, 0.2) is 78.6 Å². The molecular formula is C77H86Cl10FN15O10. The number of benzene rings is 6. The van der Waals surface area contributed by atoms with Crippen molar-refractivity contribution in [2.24, 2.45) is 21.1 Å². The molecule has 0 amide bonds. The SMILES string of the molecule is CCCNCc1nc2c(O)c(Cl)cc(Cl)c2c(=O)n1C.CCN(CC)Cc1nc2c(O)c(Cl)cc(Cl)c2c(=O)n1C.CCn1c(CN(C)Cc2ccc(F)cc2)nc2c(O)c(Cl)cc(Cl)c2c1=O.CCn1c(CN2CCCCC2)nc2c(O)c(Cl)cc(Cl)c2c1=O.Cn1c(CN2CCCCC2)nc2c(O)c(Cl)cc(Cl)c2c1=O. The molecule has 0 radical (unpaired) electrons. The van der Waals surface area contributed by atoms with E-state index in [4.69, 9.17) is 116 Å². The molecule has 36 heteroatoms. The zero-order valence-electron chi connectivity index (χ0n) is 63.4. The van der Waals surface area contributed by atoms with Gasteiger partial charge < -0.3 is 30.8 Å². The van der Waals surface area contributed by atoms with Gasteiger partial charge in [0.25, 0.3) is 27.8 Å². The number of phenols is 5. The first kappa shape index (κ1) is 89.6. The maximum absolute atomic E-state index is 13.1. The molecule has 0 unspecified atom stereocenters. The van der Waals surface area contributed by atoms with Crippen LogP contribution in [0.3, 0.4) is 0 Å². The topological polar surface area (TPSA) is 301 Å². The highest BCUT2D eigenvalue weighted by Gasteiger charge is 2.26. The van der Waals surface area contributed by atoms with E-state index in [2.05, 4.69) is 44.9 Å². The summed E-state index contributed by atoms with van der Waals surface area (Å²) in [6.07, 6.45) is 8.10. The van der Waals surface area contributed by atoms with E-state index in [1.54, 1.807) is 37.8 Å². The number of nitrogens with zero attached hydrogens (tertiary/aromatic N) is 14. The Kier molecular flexibility index (Phi) is 31.7. The van der Waals surface area contributed by atoms with Gasteiger partial charge in [-0.25, -0.2) is 29.3 Å². The third-order valence-electron chi connectivity index (χ3n) is 19.4. The van der Waals surface area contributed by atoms with E-state index in [1.807, 2.05) is 46.6 Å². The van der Waals surface area contributed by atoms with Gasteiger partial charge in [-0.3, -0.25) is 66.4 Å². The van der Waals surface area contributed by atoms with Crippen molar-refractivity contribution in [1.29, 1.82) is 0 Å². The Labute approximate surface area is 699 Å². The lowest BCUT2D eigenvalue weighted by molar-refractivity contribution is 0.212. The van der Waals surface area contributed by atoms with Gasteiger partial charge >= 0.3 is 0 Å². The Morgan fingerprint density at radius 1 is 0.407 bits per heavy atom. The summed E-state index contributed by atoms with van der Waals surface area (Å²) in [7, 11) is 6.82. The third-order valence-corrected chi connectivity index (χ3v) is 22.3. The molecule has 0 spiro atoms. The molecule has 5 aromatic heterocycles. The van der Waals surface area contributed by atoms with Crippen LogP contribution in [0.1, 0.15) is 114 Å². The van der Waals surface area contributed by atoms with Crippen LogP contribution in [-0.4, -0.2) is 146 Å². The monoisotopic (exact) mass is 1750 g/mol. The summed E-state index contributed by atoms with van der Waals surface area (Å²) in [5.41, 5.74) is 0.236. The largest absolute Gasteiger partial charge is 0.504 e. The highest BCUT2D eigenvalue weighted by Crippen LogP contribution is 2.40. The molecule has 25 nitrogen and oxygen atoms in total. The predicted octanol–water partition coefficient (Wildman–Crippen LogP) is 15.8. The third kappa shape index (κ3) is 20.5. The Morgan fingerprint density at radius 2 is 0.726 bits per heavy atom. The van der Waals surface area contributed by atoms with Gasteiger partial charge in [0.2, 0.25) is 0 Å². The van der Waals surface area contributed by atoms with Gasteiger partial charge in [-0.2, -0.15) is 0 Å². The Hall–Kier alpha value is -7.35. The first-order valence-electron chi connectivity index (χ1n) is 36.4. The Balaban J connectivity index is 0.000000163. The van der Waals surface area contributed by atoms with Crippen LogP contribution in [-0.2, 0) is 73.5 Å². The lowest BCUT2D eigenvalue weighted by Crippen LogP contribution is -2.33. The summed E-state index contributed by atoms with van der Waals surface area (Å²) in [5.74, 6) is 1.43. The Morgan fingerprint density at radius 3 is 1.10 bits per heavy atom. The average molecular weight is 1760 g/mol. The van der Waals surface area contributed by atoms with Crippen LogP contribution in [0.4, 0.5) is 4.39 Å². The van der Waals surface area contributed by atoms with Gasteiger partial charge in [-0.1, -0.05) is 162 Å². The molecule has 0 atom stereocenters. The minimum absolute atomic E-state index is 0.0410. The van der Waals surface area contributed by atoms with Crippen LogP contribution in [0.5, 0.6) is 28.7 Å². The van der Waals surface area contributed by atoms with Crippen molar-refractivity contribution in [3.05, 3.63) is 197 Å². The molecule has 6 aromatic carbocycles. The van der Waals surface area contributed by atoms with E-state index >= 15 is 0 Å². The summed E-state index contributed by atoms with van der Waals surface area (Å²) in [4.78, 5) is 93.7. The van der Waals surface area contributed by atoms with Crippen LogP contribution >= 0.6 is 116 Å². The molecule has 0 saturated carbocycles. The van der Waals surface area contributed by atoms with Crippen LogP contribution < -0.4 is 33.1 Å². The maximum Gasteiger partial charge on any atom is 0.263 e. The van der Waals surface area contributed by atoms with Crippen molar-refractivity contribution in [3.63, 3.8) is 0 Å². The molecule has 2 saturated heterocycles. The smallest absolute Gasteiger partial charge is 0.263 e. The second-order valence-electron chi connectivity index (χ2n) is 27.0. The molecule has 7 heterocycles. The fraction of sp³-hybridized carbons (Fsp3) is 0.403. The molecule has 2 fully saturated rings. The first-order valence-corrected chi connectivity index (χ1v) is 40.2. The van der Waals surface area contributed by atoms with Crippen molar-refractivity contribution in [2.45, 2.75) is 132 Å². The summed E-state index contributed by atoms with van der Waals surface area (Å²) >= 11 is 60.1. The number of aromatic nitrogens is 10. The van der Waals surface area contributed by atoms with Crippen molar-refractivity contribution in [2.75, 3.05) is 52.9 Å². The summed E-state index contributed by atoms with van der Waals surface area (Å²) < 4.78 is 20.6. The predicted molar refractivity (Wildman–Crippen MR) is 451 cm³/mol. The minimum atomic E-state index is -0.329. The van der Waals surface area contributed by atoms with Crippen molar-refractivity contribution in [1.82, 2.24) is 72.7 Å². The number of nitrogens with one attached hydrogen (secondary N) is 1. The van der Waals surface area contributed by atoms with Gasteiger partial charge in [-0.15, -0.1) is 0 Å². The summed E-state index contributed by atoms with van der Waals surface area (Å²) in [6.45, 7) is 20.2. The second kappa shape index (κ2) is 40.0. The number of likely N-dealkylation sites (tertiary alicyclic amines) is 2. The highest BCUT2D eigenvalue weighted by molar-refractivity contribution is 6.42. The molecular weight excluding hydrogens is 1670 g/mol. The van der Waals surface area contributed by atoms with Gasteiger partial charge in [0, 0.05) is 40.8 Å². The molecule has 0 bridgehead atoms. The number of aromatic hydroxyl groups is 5. The van der Waals surface area contributed by atoms with E-state index in [9.17, 15) is 53.9 Å². The molecule has 2 aliphatic rings. The normalized spacial score (nSPS) is 13.3. The molecule has 2 aliphatic heterocycles. The highest BCUT2D eigenvalue weighted by atomic mass is 35.5. The molecule has 11 aromatic rings. The number of phenolic OH excluding ortho intramolecular Hbond substituents is 5. The zero-order chi connectivity index (χ0) is 82.7. The van der Waals surface area contributed by atoms with E-state index in [0.29, 0.717) is 81.5 Å². The molecule has 13 rings (SSSR count). The van der Waals surface area contributed by atoms with E-state index in [1.165, 1.54) is 73.6 Å². The fourth-order valence-electron chi connectivity index (χ4n) is 13.1. The molecule has 113 heavy (non-hydrogen) atoms. The number of halogens is 11. The lowest BCUT2D eigenvalue weighted by atomic mass is 10.1. The quantitative estimate of drug-likeness (QED) is 0.0435. The number of rotatable bonds is 18.